The van der Waals surface area contributed by atoms with Gasteiger partial charge in [-0.05, 0) is 24.9 Å². The number of allylic oxidation sites excluding steroid dienone is 1. The molecule has 2 nitrogen and oxygen atoms in total. The fourth-order valence-corrected chi connectivity index (χ4v) is 0.450. The average Bonchev–Trinajstić information content (AvgIpc) is 1.88. The Bertz CT molecular complexity index is 187. The van der Waals surface area contributed by atoms with E-state index in [1.54, 1.807) is 6.92 Å². The molecule has 0 rings (SSSR count). The zero-order valence-electron chi connectivity index (χ0n) is 6.18. The maximum atomic E-state index is 10.8. The van der Waals surface area contributed by atoms with Crippen LogP contribution in [0.25, 0.3) is 0 Å². The molecular formula is C8H11NO. The Morgan fingerprint density at radius 3 is 2.70 bits per heavy atom. The normalized spacial score (nSPS) is 8.10. The topological polar surface area (TPSA) is 29.4 Å². The summed E-state index contributed by atoms with van der Waals surface area (Å²) < 4.78 is 0. The van der Waals surface area contributed by atoms with Crippen LogP contribution in [0.1, 0.15) is 13.3 Å². The average molecular weight is 137 g/mol. The van der Waals surface area contributed by atoms with Crippen LogP contribution in [0.4, 0.5) is 0 Å². The van der Waals surface area contributed by atoms with Crippen molar-refractivity contribution in [1.29, 1.82) is 0 Å². The highest BCUT2D eigenvalue weighted by Crippen LogP contribution is 1.94. The third-order valence-corrected chi connectivity index (χ3v) is 1.04. The Balaban J connectivity index is 3.60. The summed E-state index contributed by atoms with van der Waals surface area (Å²) in [5, 5.41) is 0. The van der Waals surface area contributed by atoms with Gasteiger partial charge in [-0.3, -0.25) is 4.79 Å². The van der Waals surface area contributed by atoms with Gasteiger partial charge in [0.1, 0.15) is 0 Å². The number of ketones is 1. The van der Waals surface area contributed by atoms with E-state index in [0.717, 1.165) is 0 Å². The first-order valence-corrected chi connectivity index (χ1v) is 3.05. The fraction of sp³-hybridized carbons (Fsp3) is 0.375. The van der Waals surface area contributed by atoms with Crippen LogP contribution in [0, 0.1) is 0 Å². The van der Waals surface area contributed by atoms with Gasteiger partial charge in [-0.25, -0.2) is 4.99 Å². The molecule has 0 atom stereocenters. The fourth-order valence-electron chi connectivity index (χ4n) is 0.450. The summed E-state index contributed by atoms with van der Waals surface area (Å²) in [5.74, 6) is 2.41. The van der Waals surface area contributed by atoms with Gasteiger partial charge in [0.15, 0.2) is 5.78 Å². The second-order valence-electron chi connectivity index (χ2n) is 1.99. The van der Waals surface area contributed by atoms with E-state index >= 15 is 0 Å². The van der Waals surface area contributed by atoms with Crippen LogP contribution in [-0.2, 0) is 4.79 Å². The van der Waals surface area contributed by atoms with E-state index in [1.165, 1.54) is 0 Å². The first-order valence-electron chi connectivity index (χ1n) is 3.05. The van der Waals surface area contributed by atoms with Gasteiger partial charge in [-0.2, -0.15) is 0 Å². The number of carbonyl (C=O) groups excluding carboxylic acids is 1. The van der Waals surface area contributed by atoms with E-state index in [1.807, 2.05) is 0 Å². The molecule has 54 valence electrons. The highest BCUT2D eigenvalue weighted by atomic mass is 16.1. The molecule has 0 aliphatic heterocycles. The third-order valence-electron chi connectivity index (χ3n) is 1.04. The molecule has 0 aliphatic rings. The monoisotopic (exact) mass is 137 g/mol. The van der Waals surface area contributed by atoms with Crippen molar-refractivity contribution in [2.45, 2.75) is 13.3 Å². The van der Waals surface area contributed by atoms with Crippen molar-refractivity contribution in [2.75, 3.05) is 6.54 Å². The molecule has 0 heterocycles. The van der Waals surface area contributed by atoms with E-state index in [0.29, 0.717) is 18.5 Å². The molecule has 0 N–H and O–H groups in total. The van der Waals surface area contributed by atoms with Crippen molar-refractivity contribution in [1.82, 2.24) is 0 Å². The minimum atomic E-state index is 0.0546. The Kier molecular flexibility index (Phi) is 4.17. The summed E-state index contributed by atoms with van der Waals surface area (Å²) in [6.45, 7) is 8.95. The highest BCUT2D eigenvalue weighted by molar-refractivity contribution is 5.94. The Morgan fingerprint density at radius 1 is 1.70 bits per heavy atom. The molecule has 0 radical (unpaired) electrons. The molecule has 2 heteroatoms. The summed E-state index contributed by atoms with van der Waals surface area (Å²) in [5.41, 5.74) is 0.583. The number of carbonyl (C=O) groups is 1. The zero-order chi connectivity index (χ0) is 7.98. The second kappa shape index (κ2) is 4.71. The molecule has 0 aromatic heterocycles. The highest BCUT2D eigenvalue weighted by Gasteiger charge is 1.98. The van der Waals surface area contributed by atoms with Crippen LogP contribution in [0.3, 0.4) is 0 Å². The molecule has 0 saturated carbocycles. The van der Waals surface area contributed by atoms with Gasteiger partial charge in [0.05, 0.1) is 6.54 Å². The van der Waals surface area contributed by atoms with Crippen LogP contribution >= 0.6 is 0 Å². The van der Waals surface area contributed by atoms with Crippen LogP contribution in [0.2, 0.25) is 0 Å². The molecule has 0 fully saturated rings. The summed E-state index contributed by atoms with van der Waals surface area (Å²) in [4.78, 5) is 14.5. The maximum Gasteiger partial charge on any atom is 0.159 e. The lowest BCUT2D eigenvalue weighted by Crippen LogP contribution is -1.99. The molecule has 0 spiro atoms. The number of Topliss-reactive ketones (excluding diaryl/α,β-unsaturated/α-hetero) is 1. The van der Waals surface area contributed by atoms with Crippen molar-refractivity contribution in [3.63, 3.8) is 0 Å². The van der Waals surface area contributed by atoms with E-state index < -0.39 is 0 Å². The molecule has 0 bridgehead atoms. The first kappa shape index (κ1) is 8.86. The molecule has 0 amide bonds. The number of aliphatic imine (C=N–C) groups is 1. The molecule has 0 aromatic carbocycles. The standard InChI is InChI=1S/C8H11NO/c1-4-9-6-5-8(10)7(2)3/h1-2,5-6H2,3H3. The van der Waals surface area contributed by atoms with Crippen LogP contribution < -0.4 is 0 Å². The lowest BCUT2D eigenvalue weighted by atomic mass is 10.2. The predicted molar refractivity (Wildman–Crippen MR) is 42.4 cm³/mol. The van der Waals surface area contributed by atoms with E-state index in [2.05, 4.69) is 24.0 Å². The Morgan fingerprint density at radius 2 is 2.30 bits per heavy atom. The van der Waals surface area contributed by atoms with Gasteiger partial charge in [-0.15, -0.1) is 0 Å². The minimum absolute atomic E-state index is 0.0546. The maximum absolute atomic E-state index is 10.8. The van der Waals surface area contributed by atoms with Crippen molar-refractivity contribution >= 4 is 11.7 Å². The lowest BCUT2D eigenvalue weighted by molar-refractivity contribution is -0.115. The molecule has 0 aliphatic carbocycles. The molecule has 10 heavy (non-hydrogen) atoms. The number of rotatable bonds is 4. The van der Waals surface area contributed by atoms with Gasteiger partial charge in [0, 0.05) is 6.42 Å². The Labute approximate surface area is 61.0 Å². The molecular weight excluding hydrogens is 126 g/mol. The van der Waals surface area contributed by atoms with Crippen molar-refractivity contribution in [2.24, 2.45) is 4.99 Å². The van der Waals surface area contributed by atoms with Crippen molar-refractivity contribution < 1.29 is 4.79 Å². The van der Waals surface area contributed by atoms with E-state index in [9.17, 15) is 4.79 Å². The number of nitrogens with zero attached hydrogens (tertiary/aromatic N) is 1. The van der Waals surface area contributed by atoms with Gasteiger partial charge >= 0.3 is 0 Å². The quantitative estimate of drug-likeness (QED) is 0.425. The van der Waals surface area contributed by atoms with Gasteiger partial charge in [0.2, 0.25) is 0 Å². The summed E-state index contributed by atoms with van der Waals surface area (Å²) in [6.07, 6.45) is 0.415. The van der Waals surface area contributed by atoms with Crippen molar-refractivity contribution in [3.8, 4) is 0 Å². The van der Waals surface area contributed by atoms with E-state index in [-0.39, 0.29) is 5.78 Å². The van der Waals surface area contributed by atoms with E-state index in [4.69, 9.17) is 0 Å². The number of hydrogen-bond acceptors (Lipinski definition) is 2. The Hall–Kier alpha value is -1.14. The lowest BCUT2D eigenvalue weighted by Gasteiger charge is -1.92. The smallest absolute Gasteiger partial charge is 0.159 e. The molecule has 0 unspecified atom stereocenters. The molecule has 0 aromatic rings. The first-order chi connectivity index (χ1) is 4.68. The minimum Gasteiger partial charge on any atom is -0.295 e. The third kappa shape index (κ3) is 3.81. The largest absolute Gasteiger partial charge is 0.295 e. The van der Waals surface area contributed by atoms with Gasteiger partial charge in [-0.1, -0.05) is 6.58 Å². The van der Waals surface area contributed by atoms with Crippen LogP contribution in [0.5, 0.6) is 0 Å². The van der Waals surface area contributed by atoms with Crippen LogP contribution in [-0.4, -0.2) is 18.2 Å². The predicted octanol–water partition coefficient (Wildman–Crippen LogP) is 1.38. The van der Waals surface area contributed by atoms with Gasteiger partial charge < -0.3 is 0 Å². The van der Waals surface area contributed by atoms with Crippen LogP contribution in [0.15, 0.2) is 23.7 Å². The van der Waals surface area contributed by atoms with Crippen molar-refractivity contribution in [3.05, 3.63) is 18.7 Å². The SMILES string of the molecule is C=C=NCCC(=O)C(=C)C. The summed E-state index contributed by atoms with van der Waals surface area (Å²) >= 11 is 0. The number of hydrogen-bond donors (Lipinski definition) is 0. The summed E-state index contributed by atoms with van der Waals surface area (Å²) in [7, 11) is 0. The zero-order valence-corrected chi connectivity index (χ0v) is 6.18. The molecule has 0 saturated heterocycles. The summed E-state index contributed by atoms with van der Waals surface area (Å²) in [6, 6.07) is 0. The van der Waals surface area contributed by atoms with Gasteiger partial charge in [0.25, 0.3) is 0 Å². The second-order valence-corrected chi connectivity index (χ2v) is 1.99.